The number of nitrogens with zero attached hydrogens (tertiary/aromatic N) is 2. The third-order valence-corrected chi connectivity index (χ3v) is 5.80. The molecule has 3 aromatic carbocycles. The minimum Gasteiger partial charge on any atom is -0.480 e. The Kier molecular flexibility index (Phi) is 6.90. The number of aromatic nitrogens is 2. The number of carbonyl (C=O) groups excluding carboxylic acids is 1. The number of fused-ring (bicyclic) bond motifs is 1. The number of halogens is 5. The highest BCUT2D eigenvalue weighted by Crippen LogP contribution is 2.39. The van der Waals surface area contributed by atoms with Crippen molar-refractivity contribution in [3.8, 4) is 11.1 Å². The van der Waals surface area contributed by atoms with Gasteiger partial charge in [-0.25, -0.2) is 18.0 Å². The van der Waals surface area contributed by atoms with Crippen molar-refractivity contribution in [3.05, 3.63) is 93.5 Å². The molecule has 1 amide bonds. The molecular weight excluding hydrogens is 506 g/mol. The van der Waals surface area contributed by atoms with Gasteiger partial charge in [0.1, 0.15) is 29.1 Å². The normalized spacial score (nSPS) is 11.9. The maximum absolute atomic E-state index is 14.0. The Morgan fingerprint density at radius 2 is 1.54 bits per heavy atom. The van der Waals surface area contributed by atoms with Gasteiger partial charge in [0, 0.05) is 29.9 Å². The smallest absolute Gasteiger partial charge is 0.326 e. The van der Waals surface area contributed by atoms with E-state index in [9.17, 15) is 27.9 Å². The first-order valence-electron chi connectivity index (χ1n) is 10.0. The number of rotatable bonds is 6. The van der Waals surface area contributed by atoms with Crippen LogP contribution in [0.2, 0.25) is 10.0 Å². The summed E-state index contributed by atoms with van der Waals surface area (Å²) >= 11 is 12.4. The van der Waals surface area contributed by atoms with Crippen LogP contribution in [0.5, 0.6) is 0 Å². The number of hydrogen-bond acceptors (Lipinski definition) is 4. The highest BCUT2D eigenvalue weighted by Gasteiger charge is 2.26. The van der Waals surface area contributed by atoms with Crippen LogP contribution in [0.15, 0.2) is 54.9 Å². The van der Waals surface area contributed by atoms with Crippen LogP contribution < -0.4 is 5.32 Å². The van der Waals surface area contributed by atoms with Crippen LogP contribution in [0.4, 0.5) is 13.2 Å². The summed E-state index contributed by atoms with van der Waals surface area (Å²) in [7, 11) is 0. The predicted octanol–water partition coefficient (Wildman–Crippen LogP) is 5.45. The Balaban J connectivity index is 1.73. The maximum atomic E-state index is 14.0. The Hall–Kier alpha value is -3.69. The molecule has 1 atom stereocenters. The second-order valence-corrected chi connectivity index (χ2v) is 8.25. The number of hydrogen-bond donors (Lipinski definition) is 2. The lowest BCUT2D eigenvalue weighted by Gasteiger charge is -2.17. The van der Waals surface area contributed by atoms with Gasteiger partial charge in [0.05, 0.1) is 21.1 Å². The highest BCUT2D eigenvalue weighted by molar-refractivity contribution is 6.39. The van der Waals surface area contributed by atoms with Crippen molar-refractivity contribution in [3.63, 3.8) is 0 Å². The van der Waals surface area contributed by atoms with Crippen LogP contribution in [0.25, 0.3) is 22.2 Å². The first-order valence-corrected chi connectivity index (χ1v) is 10.8. The molecule has 0 saturated carbocycles. The minimum absolute atomic E-state index is 0.0392. The van der Waals surface area contributed by atoms with E-state index in [-0.39, 0.29) is 22.0 Å². The quantitative estimate of drug-likeness (QED) is 0.353. The number of carboxylic acids is 1. The average molecular weight is 520 g/mol. The van der Waals surface area contributed by atoms with E-state index >= 15 is 0 Å². The highest BCUT2D eigenvalue weighted by atomic mass is 35.5. The summed E-state index contributed by atoms with van der Waals surface area (Å²) in [5, 5.41) is 11.9. The molecule has 6 nitrogen and oxygen atoms in total. The van der Waals surface area contributed by atoms with Gasteiger partial charge in [-0.3, -0.25) is 14.8 Å². The van der Waals surface area contributed by atoms with Crippen molar-refractivity contribution >= 4 is 46.1 Å². The molecule has 0 aliphatic rings. The Morgan fingerprint density at radius 1 is 0.943 bits per heavy atom. The van der Waals surface area contributed by atoms with Crippen LogP contribution in [-0.4, -0.2) is 33.0 Å². The molecule has 0 radical (unpaired) electrons. The molecule has 1 aromatic heterocycles. The number of aliphatic carboxylic acids is 1. The van der Waals surface area contributed by atoms with E-state index in [1.807, 2.05) is 0 Å². The molecular formula is C24H14Cl2F3N3O3. The number of nitrogens with one attached hydrogen (secondary N) is 1. The van der Waals surface area contributed by atoms with E-state index in [0.29, 0.717) is 22.2 Å². The van der Waals surface area contributed by atoms with Gasteiger partial charge in [-0.05, 0) is 29.8 Å². The standard InChI is InChI=1S/C24H14Cl2F3N3O3/c25-14-9-12(27)10-15(26)19(14)13-5-4-11(21-22(13)31-7-6-30-21)8-18(24(34)35)32-23(33)20-16(28)2-1-3-17(20)29/h1-7,9-10,18H,8H2,(H,32,33)(H,34,35). The largest absolute Gasteiger partial charge is 0.480 e. The maximum Gasteiger partial charge on any atom is 0.326 e. The molecule has 0 bridgehead atoms. The monoisotopic (exact) mass is 519 g/mol. The molecule has 0 saturated heterocycles. The van der Waals surface area contributed by atoms with Crippen LogP contribution in [0, 0.1) is 17.5 Å². The number of carboxylic acid groups (broad SMARTS) is 1. The lowest BCUT2D eigenvalue weighted by Crippen LogP contribution is -2.43. The zero-order valence-electron chi connectivity index (χ0n) is 17.5. The van der Waals surface area contributed by atoms with E-state index in [2.05, 4.69) is 15.3 Å². The first-order chi connectivity index (χ1) is 16.7. The minimum atomic E-state index is -1.55. The zero-order valence-corrected chi connectivity index (χ0v) is 19.0. The Morgan fingerprint density at radius 3 is 2.14 bits per heavy atom. The van der Waals surface area contributed by atoms with E-state index in [1.54, 1.807) is 6.07 Å². The van der Waals surface area contributed by atoms with Gasteiger partial charge in [-0.1, -0.05) is 41.4 Å². The summed E-state index contributed by atoms with van der Waals surface area (Å²) < 4.78 is 41.6. The number of benzene rings is 3. The third kappa shape index (κ3) is 4.91. The van der Waals surface area contributed by atoms with Crippen molar-refractivity contribution in [2.45, 2.75) is 12.5 Å². The van der Waals surface area contributed by atoms with Gasteiger partial charge < -0.3 is 10.4 Å². The van der Waals surface area contributed by atoms with Gasteiger partial charge in [0.2, 0.25) is 0 Å². The van der Waals surface area contributed by atoms with E-state index < -0.39 is 40.9 Å². The summed E-state index contributed by atoms with van der Waals surface area (Å²) in [5.74, 6) is -5.52. The average Bonchev–Trinajstić information content (AvgIpc) is 2.79. The summed E-state index contributed by atoms with van der Waals surface area (Å²) in [6, 6.07) is 6.61. The van der Waals surface area contributed by atoms with Gasteiger partial charge in [-0.2, -0.15) is 0 Å². The van der Waals surface area contributed by atoms with Gasteiger partial charge in [0.25, 0.3) is 5.91 Å². The Labute approximate surface area is 206 Å². The fourth-order valence-electron chi connectivity index (χ4n) is 3.64. The molecule has 1 heterocycles. The van der Waals surface area contributed by atoms with Gasteiger partial charge in [0.15, 0.2) is 0 Å². The van der Waals surface area contributed by atoms with Crippen molar-refractivity contribution < 1.29 is 27.9 Å². The van der Waals surface area contributed by atoms with Crippen LogP contribution >= 0.6 is 23.2 Å². The fraction of sp³-hybridized carbons (Fsp3) is 0.0833. The van der Waals surface area contributed by atoms with Crippen LogP contribution in [0.3, 0.4) is 0 Å². The summed E-state index contributed by atoms with van der Waals surface area (Å²) in [5.41, 5.74) is 0.795. The molecule has 2 N–H and O–H groups in total. The van der Waals surface area contributed by atoms with Gasteiger partial charge >= 0.3 is 5.97 Å². The second-order valence-electron chi connectivity index (χ2n) is 7.44. The summed E-state index contributed by atoms with van der Waals surface area (Å²) in [6.07, 6.45) is 2.50. The van der Waals surface area contributed by atoms with E-state index in [1.165, 1.54) is 18.5 Å². The molecule has 1 unspecified atom stereocenters. The SMILES string of the molecule is O=C(NC(Cc1ccc(-c2c(Cl)cc(F)cc2Cl)c2nccnc12)C(=O)O)c1c(F)cccc1F. The van der Waals surface area contributed by atoms with Gasteiger partial charge in [-0.15, -0.1) is 0 Å². The topological polar surface area (TPSA) is 92.2 Å². The van der Waals surface area contributed by atoms with E-state index in [4.69, 9.17) is 23.2 Å². The molecule has 0 aliphatic heterocycles. The lowest BCUT2D eigenvalue weighted by molar-refractivity contribution is -0.139. The molecule has 11 heteroatoms. The van der Waals surface area contributed by atoms with Crippen molar-refractivity contribution in [1.29, 1.82) is 0 Å². The molecule has 178 valence electrons. The van der Waals surface area contributed by atoms with Crippen molar-refractivity contribution in [2.75, 3.05) is 0 Å². The third-order valence-electron chi connectivity index (χ3n) is 5.20. The predicted molar refractivity (Wildman–Crippen MR) is 124 cm³/mol. The van der Waals surface area contributed by atoms with E-state index in [0.717, 1.165) is 30.3 Å². The Bertz CT molecular complexity index is 1440. The fourth-order valence-corrected chi connectivity index (χ4v) is 4.31. The number of amides is 1. The molecule has 0 aliphatic carbocycles. The summed E-state index contributed by atoms with van der Waals surface area (Å²) in [6.45, 7) is 0. The van der Waals surface area contributed by atoms with Crippen molar-refractivity contribution in [1.82, 2.24) is 15.3 Å². The molecule has 4 aromatic rings. The molecule has 0 spiro atoms. The molecule has 35 heavy (non-hydrogen) atoms. The lowest BCUT2D eigenvalue weighted by atomic mass is 9.97. The number of carbonyl (C=O) groups is 2. The molecule has 4 rings (SSSR count). The van der Waals surface area contributed by atoms with Crippen LogP contribution in [-0.2, 0) is 11.2 Å². The van der Waals surface area contributed by atoms with Crippen molar-refractivity contribution in [2.24, 2.45) is 0 Å². The second kappa shape index (κ2) is 9.89. The van der Waals surface area contributed by atoms with Crippen LogP contribution in [0.1, 0.15) is 15.9 Å². The first kappa shape index (κ1) is 24.4. The summed E-state index contributed by atoms with van der Waals surface area (Å²) in [4.78, 5) is 32.9. The molecule has 0 fully saturated rings. The zero-order chi connectivity index (χ0) is 25.3.